The Hall–Kier alpha value is -3.99. The summed E-state index contributed by atoms with van der Waals surface area (Å²) in [6, 6.07) is 8.63. The number of ether oxygens (including phenoxy) is 4. The molecular formula is C21H18N2O8S. The lowest BCUT2D eigenvalue weighted by Gasteiger charge is -2.10. The van der Waals surface area contributed by atoms with Crippen molar-refractivity contribution in [3.05, 3.63) is 68.7 Å². The lowest BCUT2D eigenvalue weighted by molar-refractivity contribution is -0.384. The number of nitro benzene ring substituents is 1. The average molecular weight is 458 g/mol. The number of carbonyl (C=O) groups excluding carboxylic acids is 2. The zero-order valence-electron chi connectivity index (χ0n) is 17.3. The summed E-state index contributed by atoms with van der Waals surface area (Å²) in [5.41, 5.74) is 0.484. The minimum absolute atomic E-state index is 0.130. The second-order valence-electron chi connectivity index (χ2n) is 6.28. The molecule has 166 valence electrons. The average Bonchev–Trinajstić information content (AvgIpc) is 3.29. The maximum atomic E-state index is 12.5. The fourth-order valence-electron chi connectivity index (χ4n) is 2.85. The van der Waals surface area contributed by atoms with E-state index in [9.17, 15) is 19.7 Å². The van der Waals surface area contributed by atoms with Crippen LogP contribution in [-0.4, -0.2) is 43.2 Å². The zero-order valence-corrected chi connectivity index (χ0v) is 18.1. The van der Waals surface area contributed by atoms with Crippen LogP contribution in [0.5, 0.6) is 11.5 Å². The normalized spacial score (nSPS) is 10.3. The number of rotatable bonds is 8. The minimum Gasteiger partial charge on any atom is -0.493 e. The number of carbonyl (C=O) groups is 2. The molecule has 0 N–H and O–H groups in total. The van der Waals surface area contributed by atoms with E-state index in [1.54, 1.807) is 17.5 Å². The molecule has 0 saturated carbocycles. The lowest BCUT2D eigenvalue weighted by atomic mass is 10.1. The molecule has 1 aromatic heterocycles. The van der Waals surface area contributed by atoms with Crippen LogP contribution < -0.4 is 9.47 Å². The van der Waals surface area contributed by atoms with Gasteiger partial charge >= 0.3 is 11.9 Å². The first-order valence-electron chi connectivity index (χ1n) is 9.08. The number of para-hydroxylation sites is 1. The van der Waals surface area contributed by atoms with E-state index in [1.165, 1.54) is 31.6 Å². The van der Waals surface area contributed by atoms with E-state index in [1.807, 2.05) is 6.07 Å². The van der Waals surface area contributed by atoms with Crippen molar-refractivity contribution in [1.82, 2.24) is 4.98 Å². The van der Waals surface area contributed by atoms with E-state index in [0.29, 0.717) is 22.2 Å². The van der Waals surface area contributed by atoms with Gasteiger partial charge in [-0.25, -0.2) is 14.6 Å². The Morgan fingerprint density at radius 2 is 1.78 bits per heavy atom. The number of esters is 2. The summed E-state index contributed by atoms with van der Waals surface area (Å²) in [6.07, 6.45) is 0. The highest BCUT2D eigenvalue weighted by atomic mass is 32.1. The standard InChI is InChI=1S/C21H18N2O8S/c1-28-17-6-4-5-16(18(17)29-2)19-22-14(11-32-19)10-31-21(25)13-7-12(20(24)30-3)8-15(9-13)23(26)27/h4-9,11H,10H2,1-3H3. The van der Waals surface area contributed by atoms with Gasteiger partial charge in [0.05, 0.1) is 48.6 Å². The molecule has 0 bridgehead atoms. The van der Waals surface area contributed by atoms with Crippen LogP contribution in [0.3, 0.4) is 0 Å². The maximum absolute atomic E-state index is 12.5. The quantitative estimate of drug-likeness (QED) is 0.281. The smallest absolute Gasteiger partial charge is 0.338 e. The van der Waals surface area contributed by atoms with Crippen LogP contribution in [0.15, 0.2) is 41.8 Å². The van der Waals surface area contributed by atoms with Gasteiger partial charge < -0.3 is 18.9 Å². The SMILES string of the molecule is COC(=O)c1cc(C(=O)OCc2csc(-c3cccc(OC)c3OC)n2)cc([N+](=O)[O-])c1. The number of thiazole rings is 1. The Balaban J connectivity index is 1.78. The molecule has 2 aromatic carbocycles. The summed E-state index contributed by atoms with van der Waals surface area (Å²) in [5.74, 6) is -0.563. The van der Waals surface area contributed by atoms with Gasteiger partial charge in [-0.1, -0.05) is 6.07 Å². The van der Waals surface area contributed by atoms with Gasteiger partial charge in [-0.3, -0.25) is 10.1 Å². The molecule has 11 heteroatoms. The summed E-state index contributed by atoms with van der Waals surface area (Å²) in [5, 5.41) is 13.5. The lowest BCUT2D eigenvalue weighted by Crippen LogP contribution is -2.09. The monoisotopic (exact) mass is 458 g/mol. The summed E-state index contributed by atoms with van der Waals surface area (Å²) >= 11 is 1.33. The number of methoxy groups -OCH3 is 3. The van der Waals surface area contributed by atoms with Gasteiger partial charge in [-0.05, 0) is 18.2 Å². The number of hydrogen-bond donors (Lipinski definition) is 0. The fourth-order valence-corrected chi connectivity index (χ4v) is 3.67. The molecule has 10 nitrogen and oxygen atoms in total. The molecule has 0 unspecified atom stereocenters. The van der Waals surface area contributed by atoms with Crippen molar-refractivity contribution in [2.75, 3.05) is 21.3 Å². The molecule has 32 heavy (non-hydrogen) atoms. The van der Waals surface area contributed by atoms with Gasteiger partial charge in [0, 0.05) is 17.5 Å². The van der Waals surface area contributed by atoms with Crippen molar-refractivity contribution in [2.45, 2.75) is 6.61 Å². The molecule has 0 amide bonds. The third-order valence-corrected chi connectivity index (χ3v) is 5.25. The van der Waals surface area contributed by atoms with E-state index in [-0.39, 0.29) is 17.7 Å². The molecule has 0 atom stereocenters. The Kier molecular flexibility index (Phi) is 7.00. The minimum atomic E-state index is -0.840. The van der Waals surface area contributed by atoms with Gasteiger partial charge in [0.15, 0.2) is 11.5 Å². The number of aromatic nitrogens is 1. The third-order valence-electron chi connectivity index (χ3n) is 4.32. The molecule has 1 heterocycles. The summed E-state index contributed by atoms with van der Waals surface area (Å²) in [4.78, 5) is 39.1. The van der Waals surface area contributed by atoms with Crippen molar-refractivity contribution in [2.24, 2.45) is 0 Å². The maximum Gasteiger partial charge on any atom is 0.338 e. The predicted octanol–water partition coefficient (Wildman–Crippen LogP) is 3.88. The Morgan fingerprint density at radius 1 is 1.06 bits per heavy atom. The van der Waals surface area contributed by atoms with Crippen LogP contribution in [-0.2, 0) is 16.1 Å². The first kappa shape index (κ1) is 22.7. The van der Waals surface area contributed by atoms with Crippen LogP contribution in [0.25, 0.3) is 10.6 Å². The molecule has 0 aliphatic heterocycles. The largest absolute Gasteiger partial charge is 0.493 e. The second-order valence-corrected chi connectivity index (χ2v) is 7.14. The van der Waals surface area contributed by atoms with Crippen LogP contribution in [0.4, 0.5) is 5.69 Å². The van der Waals surface area contributed by atoms with E-state index < -0.39 is 22.5 Å². The highest BCUT2D eigenvalue weighted by Gasteiger charge is 2.20. The van der Waals surface area contributed by atoms with Crippen LogP contribution in [0, 0.1) is 10.1 Å². The predicted molar refractivity (Wildman–Crippen MR) is 114 cm³/mol. The van der Waals surface area contributed by atoms with Gasteiger partial charge in [0.25, 0.3) is 5.69 Å². The zero-order chi connectivity index (χ0) is 23.3. The van der Waals surface area contributed by atoms with Crippen LogP contribution in [0.2, 0.25) is 0 Å². The van der Waals surface area contributed by atoms with Gasteiger partial charge in [0.2, 0.25) is 0 Å². The molecule has 0 spiro atoms. The second kappa shape index (κ2) is 9.88. The van der Waals surface area contributed by atoms with E-state index in [0.717, 1.165) is 24.8 Å². The van der Waals surface area contributed by atoms with Crippen molar-refractivity contribution in [3.63, 3.8) is 0 Å². The Morgan fingerprint density at radius 3 is 2.41 bits per heavy atom. The highest BCUT2D eigenvalue weighted by Crippen LogP contribution is 2.39. The number of benzene rings is 2. The number of nitrogens with zero attached hydrogens (tertiary/aromatic N) is 2. The summed E-state index contributed by atoms with van der Waals surface area (Å²) in [7, 11) is 4.20. The number of hydrogen-bond acceptors (Lipinski definition) is 10. The fraction of sp³-hybridized carbons (Fsp3) is 0.190. The number of nitro groups is 1. The van der Waals surface area contributed by atoms with Gasteiger partial charge in [-0.15, -0.1) is 11.3 Å². The van der Waals surface area contributed by atoms with Gasteiger partial charge in [0.1, 0.15) is 11.6 Å². The Bertz CT molecular complexity index is 1170. The molecule has 3 rings (SSSR count). The highest BCUT2D eigenvalue weighted by molar-refractivity contribution is 7.13. The van der Waals surface area contributed by atoms with E-state index in [2.05, 4.69) is 9.72 Å². The Labute approximate surface area is 186 Å². The topological polar surface area (TPSA) is 127 Å². The van der Waals surface area contributed by atoms with E-state index >= 15 is 0 Å². The van der Waals surface area contributed by atoms with Crippen LogP contribution >= 0.6 is 11.3 Å². The first-order valence-corrected chi connectivity index (χ1v) is 9.96. The van der Waals surface area contributed by atoms with Crippen molar-refractivity contribution in [1.29, 1.82) is 0 Å². The molecule has 0 saturated heterocycles. The molecular weight excluding hydrogens is 440 g/mol. The molecule has 0 aliphatic rings. The first-order chi connectivity index (χ1) is 15.4. The van der Waals surface area contributed by atoms with E-state index in [4.69, 9.17) is 14.2 Å². The van der Waals surface area contributed by atoms with Crippen molar-refractivity contribution < 1.29 is 33.5 Å². The van der Waals surface area contributed by atoms with Gasteiger partial charge in [-0.2, -0.15) is 0 Å². The number of non-ortho nitro benzene ring substituents is 1. The molecule has 0 radical (unpaired) electrons. The summed E-state index contributed by atoms with van der Waals surface area (Å²) < 4.78 is 20.5. The van der Waals surface area contributed by atoms with Crippen molar-refractivity contribution >= 4 is 29.0 Å². The molecule has 0 fully saturated rings. The summed E-state index contributed by atoms with van der Waals surface area (Å²) in [6.45, 7) is -0.169. The van der Waals surface area contributed by atoms with Crippen LogP contribution in [0.1, 0.15) is 26.4 Å². The molecule has 3 aromatic rings. The van der Waals surface area contributed by atoms with Crippen molar-refractivity contribution in [3.8, 4) is 22.1 Å². The third kappa shape index (κ3) is 4.83. The molecule has 0 aliphatic carbocycles.